The summed E-state index contributed by atoms with van der Waals surface area (Å²) < 4.78 is 11.9. The van der Waals surface area contributed by atoms with E-state index in [0.29, 0.717) is 6.61 Å². The summed E-state index contributed by atoms with van der Waals surface area (Å²) in [5.41, 5.74) is 2.41. The van der Waals surface area contributed by atoms with Crippen LogP contribution in [-0.2, 0) is 11.3 Å². The number of rotatable bonds is 10. The molecule has 2 nitrogen and oxygen atoms in total. The summed E-state index contributed by atoms with van der Waals surface area (Å²) in [6.45, 7) is 5.80. The van der Waals surface area contributed by atoms with Gasteiger partial charge in [0, 0.05) is 6.61 Å². The molecule has 0 spiro atoms. The highest BCUT2D eigenvalue weighted by molar-refractivity contribution is 5.84. The zero-order valence-electron chi connectivity index (χ0n) is 16.5. The van der Waals surface area contributed by atoms with E-state index in [1.54, 1.807) is 0 Å². The first-order valence-electron chi connectivity index (χ1n) is 10.1. The summed E-state index contributed by atoms with van der Waals surface area (Å²) in [6, 6.07) is 23.1. The van der Waals surface area contributed by atoms with Crippen molar-refractivity contribution in [3.8, 4) is 5.75 Å². The molecule has 0 aliphatic rings. The van der Waals surface area contributed by atoms with Crippen molar-refractivity contribution in [2.75, 3.05) is 6.61 Å². The van der Waals surface area contributed by atoms with Crippen molar-refractivity contribution < 1.29 is 9.47 Å². The first kappa shape index (κ1) is 19.4. The van der Waals surface area contributed by atoms with Gasteiger partial charge in [0.05, 0.1) is 6.10 Å². The third kappa shape index (κ3) is 5.83. The molecule has 1 unspecified atom stereocenters. The van der Waals surface area contributed by atoms with Crippen LogP contribution in [0.3, 0.4) is 0 Å². The predicted molar refractivity (Wildman–Crippen MR) is 113 cm³/mol. The quantitative estimate of drug-likeness (QED) is 0.359. The molecule has 3 rings (SSSR count). The summed E-state index contributed by atoms with van der Waals surface area (Å²) in [5.74, 6) is 0.902. The summed E-state index contributed by atoms with van der Waals surface area (Å²) in [5, 5.41) is 2.42. The second-order valence-corrected chi connectivity index (χ2v) is 7.12. The SMILES string of the molecule is CCCCCCOC(C)c1ccc2cc(OCc3ccccc3)ccc2c1. The zero-order valence-corrected chi connectivity index (χ0v) is 16.5. The first-order valence-corrected chi connectivity index (χ1v) is 10.1. The lowest BCUT2D eigenvalue weighted by molar-refractivity contribution is 0.0629. The van der Waals surface area contributed by atoms with Crippen LogP contribution in [0.1, 0.15) is 56.8 Å². The highest BCUT2D eigenvalue weighted by Crippen LogP contribution is 2.26. The van der Waals surface area contributed by atoms with Gasteiger partial charge in [-0.15, -0.1) is 0 Å². The summed E-state index contributed by atoms with van der Waals surface area (Å²) in [4.78, 5) is 0. The molecule has 0 saturated carbocycles. The fourth-order valence-corrected chi connectivity index (χ4v) is 3.21. The minimum absolute atomic E-state index is 0.130. The third-order valence-electron chi connectivity index (χ3n) is 4.92. The maximum atomic E-state index is 6.01. The molecule has 142 valence electrons. The Bertz CT molecular complexity index is 826. The van der Waals surface area contributed by atoms with Crippen LogP contribution in [0.2, 0.25) is 0 Å². The van der Waals surface area contributed by atoms with Gasteiger partial charge in [0.25, 0.3) is 0 Å². The molecule has 0 saturated heterocycles. The normalized spacial score (nSPS) is 12.2. The molecular formula is C25H30O2. The highest BCUT2D eigenvalue weighted by atomic mass is 16.5. The van der Waals surface area contributed by atoms with E-state index in [-0.39, 0.29) is 6.10 Å². The Kier molecular flexibility index (Phi) is 7.29. The highest BCUT2D eigenvalue weighted by Gasteiger charge is 2.07. The van der Waals surface area contributed by atoms with E-state index in [1.165, 1.54) is 41.2 Å². The molecule has 0 amide bonds. The van der Waals surface area contributed by atoms with Crippen LogP contribution in [0.5, 0.6) is 5.75 Å². The van der Waals surface area contributed by atoms with E-state index in [4.69, 9.17) is 9.47 Å². The number of unbranched alkanes of at least 4 members (excludes halogenated alkanes) is 3. The molecule has 0 aromatic heterocycles. The monoisotopic (exact) mass is 362 g/mol. The fourth-order valence-electron chi connectivity index (χ4n) is 3.21. The molecule has 0 aliphatic carbocycles. The average Bonchev–Trinajstić information content (AvgIpc) is 2.72. The molecule has 0 bridgehead atoms. The molecule has 3 aromatic carbocycles. The number of fused-ring (bicyclic) bond motifs is 1. The van der Waals surface area contributed by atoms with Gasteiger partial charge in [0.1, 0.15) is 12.4 Å². The minimum atomic E-state index is 0.130. The third-order valence-corrected chi connectivity index (χ3v) is 4.92. The predicted octanol–water partition coefficient (Wildman–Crippen LogP) is 7.08. The average molecular weight is 363 g/mol. The summed E-state index contributed by atoms with van der Waals surface area (Å²) in [7, 11) is 0. The molecule has 0 aliphatic heterocycles. The summed E-state index contributed by atoms with van der Waals surface area (Å²) in [6.07, 6.45) is 5.09. The second kappa shape index (κ2) is 10.1. The topological polar surface area (TPSA) is 18.5 Å². The Labute approximate surface area is 163 Å². The second-order valence-electron chi connectivity index (χ2n) is 7.12. The van der Waals surface area contributed by atoms with Crippen LogP contribution >= 0.6 is 0 Å². The molecule has 0 N–H and O–H groups in total. The van der Waals surface area contributed by atoms with Crippen LogP contribution in [0.25, 0.3) is 10.8 Å². The van der Waals surface area contributed by atoms with Gasteiger partial charge in [0.15, 0.2) is 0 Å². The fraction of sp³-hybridized carbons (Fsp3) is 0.360. The molecule has 3 aromatic rings. The van der Waals surface area contributed by atoms with Crippen LogP contribution in [0.15, 0.2) is 66.7 Å². The number of hydrogen-bond acceptors (Lipinski definition) is 2. The van der Waals surface area contributed by atoms with Crippen molar-refractivity contribution in [1.82, 2.24) is 0 Å². The first-order chi connectivity index (χ1) is 13.3. The van der Waals surface area contributed by atoms with Crippen molar-refractivity contribution in [3.05, 3.63) is 77.9 Å². The van der Waals surface area contributed by atoms with Gasteiger partial charge in [-0.05, 0) is 53.4 Å². The van der Waals surface area contributed by atoms with Gasteiger partial charge in [-0.2, -0.15) is 0 Å². The Morgan fingerprint density at radius 2 is 1.59 bits per heavy atom. The van der Waals surface area contributed by atoms with Gasteiger partial charge in [-0.1, -0.05) is 74.7 Å². The Morgan fingerprint density at radius 3 is 2.41 bits per heavy atom. The van der Waals surface area contributed by atoms with E-state index in [2.05, 4.69) is 56.3 Å². The molecular weight excluding hydrogens is 332 g/mol. The van der Waals surface area contributed by atoms with Gasteiger partial charge in [0.2, 0.25) is 0 Å². The number of ether oxygens (including phenoxy) is 2. The zero-order chi connectivity index (χ0) is 18.9. The number of hydrogen-bond donors (Lipinski definition) is 0. The van der Waals surface area contributed by atoms with Crippen LogP contribution in [0, 0.1) is 0 Å². The van der Waals surface area contributed by atoms with Crippen molar-refractivity contribution in [1.29, 1.82) is 0 Å². The smallest absolute Gasteiger partial charge is 0.120 e. The molecule has 1 atom stereocenters. The van der Waals surface area contributed by atoms with E-state index in [9.17, 15) is 0 Å². The van der Waals surface area contributed by atoms with Gasteiger partial charge >= 0.3 is 0 Å². The minimum Gasteiger partial charge on any atom is -0.489 e. The summed E-state index contributed by atoms with van der Waals surface area (Å²) >= 11 is 0. The molecule has 0 heterocycles. The lowest BCUT2D eigenvalue weighted by atomic mass is 10.0. The maximum absolute atomic E-state index is 6.01. The van der Waals surface area contributed by atoms with E-state index in [0.717, 1.165) is 18.8 Å². The lowest BCUT2D eigenvalue weighted by Crippen LogP contribution is -2.02. The van der Waals surface area contributed by atoms with Crippen LogP contribution in [0.4, 0.5) is 0 Å². The van der Waals surface area contributed by atoms with E-state index >= 15 is 0 Å². The maximum Gasteiger partial charge on any atom is 0.120 e. The van der Waals surface area contributed by atoms with Gasteiger partial charge in [-0.3, -0.25) is 0 Å². The molecule has 2 heteroatoms. The lowest BCUT2D eigenvalue weighted by Gasteiger charge is -2.15. The van der Waals surface area contributed by atoms with Crippen LogP contribution < -0.4 is 4.74 Å². The standard InChI is InChI=1S/C25H30O2/c1-3-4-5-9-16-26-20(2)22-12-13-24-18-25(15-14-23(24)17-22)27-19-21-10-7-6-8-11-21/h6-8,10-15,17-18,20H,3-5,9,16,19H2,1-2H3. The van der Waals surface area contributed by atoms with E-state index in [1.807, 2.05) is 24.3 Å². The Morgan fingerprint density at radius 1 is 0.815 bits per heavy atom. The Hall–Kier alpha value is -2.32. The van der Waals surface area contributed by atoms with Crippen molar-refractivity contribution >= 4 is 10.8 Å². The van der Waals surface area contributed by atoms with E-state index < -0.39 is 0 Å². The molecule has 27 heavy (non-hydrogen) atoms. The van der Waals surface area contributed by atoms with Crippen LogP contribution in [-0.4, -0.2) is 6.61 Å². The van der Waals surface area contributed by atoms with Crippen molar-refractivity contribution in [2.45, 2.75) is 52.2 Å². The van der Waals surface area contributed by atoms with Gasteiger partial charge in [-0.25, -0.2) is 0 Å². The largest absolute Gasteiger partial charge is 0.489 e. The van der Waals surface area contributed by atoms with Crippen molar-refractivity contribution in [3.63, 3.8) is 0 Å². The molecule has 0 fully saturated rings. The number of benzene rings is 3. The Balaban J connectivity index is 1.59. The molecule has 0 radical (unpaired) electrons. The van der Waals surface area contributed by atoms with Gasteiger partial charge < -0.3 is 9.47 Å². The van der Waals surface area contributed by atoms with Crippen molar-refractivity contribution in [2.24, 2.45) is 0 Å².